The number of anilines is 1. The molecule has 2 aromatic carbocycles. The summed E-state index contributed by atoms with van der Waals surface area (Å²) in [4.78, 5) is 9.34. The van der Waals surface area contributed by atoms with Crippen LogP contribution < -0.4 is 9.64 Å². The van der Waals surface area contributed by atoms with Crippen molar-refractivity contribution < 1.29 is 4.74 Å². The molecular weight excluding hydrogens is 334 g/mol. The minimum atomic E-state index is 0.891. The van der Waals surface area contributed by atoms with Gasteiger partial charge in [0.05, 0.1) is 7.11 Å². The largest absolute Gasteiger partial charge is 0.497 e. The highest BCUT2D eigenvalue weighted by Gasteiger charge is 2.17. The van der Waals surface area contributed by atoms with Crippen molar-refractivity contribution in [3.8, 4) is 16.9 Å². The third-order valence-electron chi connectivity index (χ3n) is 5.11. The molecule has 27 heavy (non-hydrogen) atoms. The Bertz CT molecular complexity index is 856. The molecule has 0 N–H and O–H groups in total. The molecule has 1 fully saturated rings. The van der Waals surface area contributed by atoms with Crippen LogP contribution in [0.4, 0.5) is 5.82 Å². The maximum atomic E-state index is 5.33. The van der Waals surface area contributed by atoms with Crippen molar-refractivity contribution >= 4 is 5.82 Å². The van der Waals surface area contributed by atoms with Gasteiger partial charge in [0.2, 0.25) is 0 Å². The Kier molecular flexibility index (Phi) is 5.35. The van der Waals surface area contributed by atoms with Crippen LogP contribution in [0.25, 0.3) is 11.1 Å². The lowest BCUT2D eigenvalue weighted by Gasteiger charge is -2.35. The Morgan fingerprint density at radius 2 is 1.67 bits per heavy atom. The van der Waals surface area contributed by atoms with E-state index in [1.807, 2.05) is 24.4 Å². The number of rotatable bonds is 5. The predicted octanol–water partition coefficient (Wildman–Crippen LogP) is 4.08. The maximum Gasteiger partial charge on any atom is 0.128 e. The van der Waals surface area contributed by atoms with Crippen LogP contribution in [0.15, 0.2) is 72.9 Å². The van der Waals surface area contributed by atoms with E-state index in [4.69, 9.17) is 4.74 Å². The molecule has 0 spiro atoms. The summed E-state index contributed by atoms with van der Waals surface area (Å²) in [5, 5.41) is 0. The molecule has 2 heterocycles. The number of hydrogen-bond acceptors (Lipinski definition) is 4. The van der Waals surface area contributed by atoms with Crippen LogP contribution in [0.3, 0.4) is 0 Å². The van der Waals surface area contributed by atoms with Gasteiger partial charge in [-0.25, -0.2) is 4.98 Å². The molecule has 4 heteroatoms. The fourth-order valence-electron chi connectivity index (χ4n) is 3.54. The van der Waals surface area contributed by atoms with Crippen LogP contribution >= 0.6 is 0 Å². The molecule has 0 unspecified atom stereocenters. The van der Waals surface area contributed by atoms with Gasteiger partial charge < -0.3 is 9.64 Å². The van der Waals surface area contributed by atoms with Crippen LogP contribution in [0, 0.1) is 0 Å². The third-order valence-corrected chi connectivity index (χ3v) is 5.11. The molecule has 4 rings (SSSR count). The van der Waals surface area contributed by atoms with E-state index >= 15 is 0 Å². The Morgan fingerprint density at radius 3 is 2.37 bits per heavy atom. The summed E-state index contributed by atoms with van der Waals surface area (Å²) in [6, 6.07) is 23.2. The number of piperazine rings is 1. The van der Waals surface area contributed by atoms with Crippen LogP contribution in [0.2, 0.25) is 0 Å². The summed E-state index contributed by atoms with van der Waals surface area (Å²) in [7, 11) is 1.70. The normalized spacial score (nSPS) is 14.9. The van der Waals surface area contributed by atoms with Crippen LogP contribution in [0.1, 0.15) is 5.56 Å². The van der Waals surface area contributed by atoms with Crippen molar-refractivity contribution in [3.05, 3.63) is 78.5 Å². The molecule has 0 amide bonds. The van der Waals surface area contributed by atoms with E-state index < -0.39 is 0 Å². The second-order valence-corrected chi connectivity index (χ2v) is 6.88. The van der Waals surface area contributed by atoms with Crippen molar-refractivity contribution in [1.82, 2.24) is 9.88 Å². The van der Waals surface area contributed by atoms with Crippen molar-refractivity contribution in [3.63, 3.8) is 0 Å². The highest BCUT2D eigenvalue weighted by Crippen LogP contribution is 2.24. The summed E-state index contributed by atoms with van der Waals surface area (Å²) < 4.78 is 5.33. The lowest BCUT2D eigenvalue weighted by molar-refractivity contribution is 0.249. The van der Waals surface area contributed by atoms with Gasteiger partial charge in [0.25, 0.3) is 0 Å². The number of benzene rings is 2. The molecule has 0 atom stereocenters. The molecule has 1 aliphatic rings. The first-order valence-electron chi connectivity index (χ1n) is 9.43. The topological polar surface area (TPSA) is 28.6 Å². The zero-order valence-electron chi connectivity index (χ0n) is 15.7. The van der Waals surface area contributed by atoms with Gasteiger partial charge in [0.1, 0.15) is 11.6 Å². The van der Waals surface area contributed by atoms with E-state index in [2.05, 4.69) is 63.3 Å². The smallest absolute Gasteiger partial charge is 0.128 e. The first kappa shape index (κ1) is 17.6. The summed E-state index contributed by atoms with van der Waals surface area (Å²) in [5.41, 5.74) is 3.76. The van der Waals surface area contributed by atoms with Gasteiger partial charge in [-0.05, 0) is 41.0 Å². The van der Waals surface area contributed by atoms with E-state index in [9.17, 15) is 0 Å². The highest BCUT2D eigenvalue weighted by atomic mass is 16.5. The SMILES string of the molecule is COc1cccc(-c2ccc(CN3CCN(c4ccccn4)CC3)cc2)c1. The Balaban J connectivity index is 1.35. The summed E-state index contributed by atoms with van der Waals surface area (Å²) >= 11 is 0. The standard InChI is InChI=1S/C23H25N3O/c1-27-22-6-4-5-21(17-22)20-10-8-19(9-11-20)18-25-13-15-26(16-14-25)23-7-2-3-12-24-23/h2-12,17H,13-16,18H2,1H3. The fourth-order valence-corrected chi connectivity index (χ4v) is 3.54. The summed E-state index contributed by atoms with van der Waals surface area (Å²) in [6.07, 6.45) is 1.87. The Labute approximate surface area is 161 Å². The number of hydrogen-bond donors (Lipinski definition) is 0. The number of methoxy groups -OCH3 is 1. The number of ether oxygens (including phenoxy) is 1. The first-order chi connectivity index (χ1) is 13.3. The molecule has 138 valence electrons. The minimum absolute atomic E-state index is 0.891. The van der Waals surface area contributed by atoms with E-state index in [0.29, 0.717) is 0 Å². The van der Waals surface area contributed by atoms with Crippen molar-refractivity contribution in [2.45, 2.75) is 6.54 Å². The quantitative estimate of drug-likeness (QED) is 0.686. The minimum Gasteiger partial charge on any atom is -0.497 e. The third kappa shape index (κ3) is 4.29. The Hall–Kier alpha value is -2.85. The van der Waals surface area contributed by atoms with Gasteiger partial charge in [-0.1, -0.05) is 42.5 Å². The zero-order valence-corrected chi connectivity index (χ0v) is 15.7. The number of nitrogens with zero attached hydrogens (tertiary/aromatic N) is 3. The lowest BCUT2D eigenvalue weighted by Crippen LogP contribution is -2.46. The molecule has 1 saturated heterocycles. The summed E-state index contributed by atoms with van der Waals surface area (Å²) in [6.45, 7) is 5.18. The van der Waals surface area contributed by atoms with Gasteiger partial charge in [-0.2, -0.15) is 0 Å². The fraction of sp³-hybridized carbons (Fsp3) is 0.261. The number of pyridine rings is 1. The molecule has 0 aliphatic carbocycles. The number of aromatic nitrogens is 1. The Morgan fingerprint density at radius 1 is 0.852 bits per heavy atom. The average Bonchev–Trinajstić information content (AvgIpc) is 2.75. The van der Waals surface area contributed by atoms with Crippen molar-refractivity contribution in [1.29, 1.82) is 0 Å². The van der Waals surface area contributed by atoms with E-state index in [-0.39, 0.29) is 0 Å². The maximum absolute atomic E-state index is 5.33. The monoisotopic (exact) mass is 359 g/mol. The van der Waals surface area contributed by atoms with Crippen molar-refractivity contribution in [2.24, 2.45) is 0 Å². The molecule has 0 radical (unpaired) electrons. The molecule has 0 saturated carbocycles. The van der Waals surface area contributed by atoms with Gasteiger partial charge in [0, 0.05) is 38.9 Å². The van der Waals surface area contributed by atoms with Crippen LogP contribution in [-0.4, -0.2) is 43.2 Å². The van der Waals surface area contributed by atoms with Gasteiger partial charge in [0.15, 0.2) is 0 Å². The molecule has 4 nitrogen and oxygen atoms in total. The van der Waals surface area contributed by atoms with Crippen LogP contribution in [0.5, 0.6) is 5.75 Å². The van der Waals surface area contributed by atoms with Gasteiger partial charge in [-0.15, -0.1) is 0 Å². The van der Waals surface area contributed by atoms with Gasteiger partial charge >= 0.3 is 0 Å². The highest BCUT2D eigenvalue weighted by molar-refractivity contribution is 5.65. The zero-order chi connectivity index (χ0) is 18.5. The van der Waals surface area contributed by atoms with Gasteiger partial charge in [-0.3, -0.25) is 4.90 Å². The molecular formula is C23H25N3O. The lowest BCUT2D eigenvalue weighted by atomic mass is 10.0. The van der Waals surface area contributed by atoms with E-state index in [1.165, 1.54) is 16.7 Å². The second-order valence-electron chi connectivity index (χ2n) is 6.88. The van der Waals surface area contributed by atoms with E-state index in [1.54, 1.807) is 7.11 Å². The average molecular weight is 359 g/mol. The molecule has 3 aromatic rings. The molecule has 1 aliphatic heterocycles. The van der Waals surface area contributed by atoms with E-state index in [0.717, 1.165) is 44.3 Å². The summed E-state index contributed by atoms with van der Waals surface area (Å²) in [5.74, 6) is 1.97. The predicted molar refractivity (Wildman–Crippen MR) is 110 cm³/mol. The molecule has 0 bridgehead atoms. The van der Waals surface area contributed by atoms with Crippen molar-refractivity contribution in [2.75, 3.05) is 38.2 Å². The first-order valence-corrected chi connectivity index (χ1v) is 9.43. The molecule has 1 aromatic heterocycles. The second kappa shape index (κ2) is 8.23. The van der Waals surface area contributed by atoms with Crippen LogP contribution in [-0.2, 0) is 6.54 Å².